The quantitative estimate of drug-likeness (QED) is 0.853. The highest BCUT2D eigenvalue weighted by molar-refractivity contribution is 6.28. The highest BCUT2D eigenvalue weighted by Gasteiger charge is 2.27. The zero-order valence-corrected chi connectivity index (χ0v) is 11.7. The maximum absolute atomic E-state index is 5.82. The van der Waals surface area contributed by atoms with Crippen LogP contribution in [0.25, 0.3) is 0 Å². The van der Waals surface area contributed by atoms with E-state index in [2.05, 4.69) is 10.1 Å². The molecule has 0 aliphatic carbocycles. The van der Waals surface area contributed by atoms with E-state index in [0.717, 1.165) is 36.7 Å². The van der Waals surface area contributed by atoms with Crippen LogP contribution in [0.3, 0.4) is 0 Å². The van der Waals surface area contributed by atoms with Gasteiger partial charge >= 0.3 is 0 Å². The van der Waals surface area contributed by atoms with Crippen molar-refractivity contribution in [2.45, 2.75) is 38.8 Å². The first-order valence-electron chi connectivity index (χ1n) is 6.64. The molecule has 1 aliphatic heterocycles. The number of piperidine rings is 1. The smallest absolute Gasteiger partial charge is 0.193 e. The fraction of sp³-hybridized carbons (Fsp3) is 0.500. The van der Waals surface area contributed by atoms with Crippen LogP contribution in [-0.2, 0) is 6.54 Å². The van der Waals surface area contributed by atoms with Crippen molar-refractivity contribution in [3.8, 4) is 0 Å². The molecule has 1 aliphatic rings. The number of hydrogen-bond acceptors (Lipinski definition) is 4. The second-order valence-corrected chi connectivity index (χ2v) is 5.42. The molecule has 1 saturated heterocycles. The van der Waals surface area contributed by atoms with Gasteiger partial charge in [-0.15, -0.1) is 0 Å². The third-order valence-electron chi connectivity index (χ3n) is 3.59. The van der Waals surface area contributed by atoms with Crippen LogP contribution in [0.2, 0.25) is 5.22 Å². The number of hydrogen-bond donors (Lipinski definition) is 0. The number of likely N-dealkylation sites (tertiary alicyclic amines) is 1. The maximum Gasteiger partial charge on any atom is 0.193 e. The van der Waals surface area contributed by atoms with Crippen molar-refractivity contribution in [3.63, 3.8) is 0 Å². The molecule has 0 bridgehead atoms. The lowest BCUT2D eigenvalue weighted by molar-refractivity contribution is 0.124. The van der Waals surface area contributed by atoms with Gasteiger partial charge in [0.25, 0.3) is 0 Å². The van der Waals surface area contributed by atoms with Crippen molar-refractivity contribution in [3.05, 3.63) is 40.6 Å². The Morgan fingerprint density at radius 2 is 2.32 bits per heavy atom. The molecule has 0 amide bonds. The molecule has 4 nitrogen and oxygen atoms in total. The van der Waals surface area contributed by atoms with Gasteiger partial charge in [0.15, 0.2) is 5.22 Å². The summed E-state index contributed by atoms with van der Waals surface area (Å²) in [7, 11) is 0. The summed E-state index contributed by atoms with van der Waals surface area (Å²) in [6, 6.07) is 6.06. The third-order valence-corrected chi connectivity index (χ3v) is 3.79. The van der Waals surface area contributed by atoms with Gasteiger partial charge in [0.05, 0.1) is 12.6 Å². The average molecular weight is 281 g/mol. The summed E-state index contributed by atoms with van der Waals surface area (Å²) in [6.07, 6.45) is 3.55. The lowest BCUT2D eigenvalue weighted by Crippen LogP contribution is -2.33. The van der Waals surface area contributed by atoms with Gasteiger partial charge in [-0.3, -0.25) is 4.90 Å². The minimum Gasteiger partial charge on any atom is -0.448 e. The number of nitrogens with zero attached hydrogens (tertiary/aromatic N) is 2. The van der Waals surface area contributed by atoms with Crippen LogP contribution in [0.4, 0.5) is 0 Å². The Hall–Kier alpha value is -1.26. The monoisotopic (exact) mass is 280 g/mol. The van der Waals surface area contributed by atoms with Crippen LogP contribution in [0.1, 0.15) is 42.5 Å². The van der Waals surface area contributed by atoms with E-state index < -0.39 is 0 Å². The topological polar surface area (TPSA) is 42.4 Å². The molecule has 0 saturated carbocycles. The van der Waals surface area contributed by atoms with Gasteiger partial charge in [-0.25, -0.2) is 0 Å². The third kappa shape index (κ3) is 2.85. The predicted molar refractivity (Wildman–Crippen MR) is 72.0 cm³/mol. The summed E-state index contributed by atoms with van der Waals surface area (Å²) >= 11 is 5.82. The van der Waals surface area contributed by atoms with Gasteiger partial charge in [0, 0.05) is 6.07 Å². The van der Waals surface area contributed by atoms with Gasteiger partial charge in [0.1, 0.15) is 17.2 Å². The summed E-state index contributed by atoms with van der Waals surface area (Å²) in [6.45, 7) is 3.74. The first kappa shape index (κ1) is 12.8. The fourth-order valence-electron chi connectivity index (χ4n) is 2.69. The summed E-state index contributed by atoms with van der Waals surface area (Å²) in [5.41, 5.74) is 1.02. The van der Waals surface area contributed by atoms with Crippen molar-refractivity contribution in [1.82, 2.24) is 10.1 Å². The van der Waals surface area contributed by atoms with E-state index in [1.54, 1.807) is 6.07 Å². The summed E-state index contributed by atoms with van der Waals surface area (Å²) in [5.74, 6) is 1.76. The SMILES string of the molecule is Cc1cc([C@@H]2CCCCN2Cc2ccc(Cl)o2)no1. The van der Waals surface area contributed by atoms with Gasteiger partial charge < -0.3 is 8.94 Å². The molecule has 0 N–H and O–H groups in total. The molecule has 3 heterocycles. The van der Waals surface area contributed by atoms with Crippen molar-refractivity contribution < 1.29 is 8.94 Å². The van der Waals surface area contributed by atoms with E-state index in [1.807, 2.05) is 19.1 Å². The van der Waals surface area contributed by atoms with Crippen molar-refractivity contribution >= 4 is 11.6 Å². The Morgan fingerprint density at radius 1 is 1.42 bits per heavy atom. The Balaban J connectivity index is 1.77. The predicted octanol–water partition coefficient (Wildman–Crippen LogP) is 3.96. The molecule has 0 unspecified atom stereocenters. The molecule has 3 rings (SSSR count). The number of aromatic nitrogens is 1. The van der Waals surface area contributed by atoms with E-state index >= 15 is 0 Å². The molecule has 19 heavy (non-hydrogen) atoms. The van der Waals surface area contributed by atoms with E-state index in [4.69, 9.17) is 20.5 Å². The summed E-state index contributed by atoms with van der Waals surface area (Å²) < 4.78 is 10.7. The number of halogens is 1. The Bertz CT molecular complexity index is 549. The van der Waals surface area contributed by atoms with Crippen LogP contribution in [0.5, 0.6) is 0 Å². The Kier molecular flexibility index (Phi) is 3.62. The lowest BCUT2D eigenvalue weighted by atomic mass is 9.99. The molecule has 1 atom stereocenters. The number of furan rings is 1. The Morgan fingerprint density at radius 3 is 3.00 bits per heavy atom. The minimum atomic E-state index is 0.315. The van der Waals surface area contributed by atoms with Crippen LogP contribution in [0, 0.1) is 6.92 Å². The highest BCUT2D eigenvalue weighted by atomic mass is 35.5. The average Bonchev–Trinajstić information content (AvgIpc) is 2.99. The standard InChI is InChI=1S/C14H17ClN2O2/c1-10-8-12(16-19-10)13-4-2-3-7-17(13)9-11-5-6-14(15)18-11/h5-6,8,13H,2-4,7,9H2,1H3/t13-/m0/s1. The van der Waals surface area contributed by atoms with E-state index in [9.17, 15) is 0 Å². The molecule has 2 aromatic heterocycles. The molecule has 5 heteroatoms. The molecular formula is C14H17ClN2O2. The van der Waals surface area contributed by atoms with Crippen LogP contribution in [-0.4, -0.2) is 16.6 Å². The van der Waals surface area contributed by atoms with Crippen molar-refractivity contribution in [1.29, 1.82) is 0 Å². The molecule has 1 fully saturated rings. The van der Waals surface area contributed by atoms with E-state index in [1.165, 1.54) is 12.8 Å². The van der Waals surface area contributed by atoms with Gasteiger partial charge in [-0.05, 0) is 50.0 Å². The zero-order chi connectivity index (χ0) is 13.2. The van der Waals surface area contributed by atoms with E-state index in [-0.39, 0.29) is 0 Å². The maximum atomic E-state index is 5.82. The number of aryl methyl sites for hydroxylation is 1. The molecule has 0 radical (unpaired) electrons. The van der Waals surface area contributed by atoms with Crippen LogP contribution >= 0.6 is 11.6 Å². The Labute approximate surface area is 117 Å². The van der Waals surface area contributed by atoms with Gasteiger partial charge in [0.2, 0.25) is 0 Å². The minimum absolute atomic E-state index is 0.315. The zero-order valence-electron chi connectivity index (χ0n) is 10.9. The second kappa shape index (κ2) is 5.39. The molecule has 2 aromatic rings. The van der Waals surface area contributed by atoms with Crippen molar-refractivity contribution in [2.24, 2.45) is 0 Å². The number of rotatable bonds is 3. The molecule has 0 spiro atoms. The molecule has 0 aromatic carbocycles. The normalized spacial score (nSPS) is 20.8. The first-order chi connectivity index (χ1) is 9.22. The van der Waals surface area contributed by atoms with E-state index in [0.29, 0.717) is 11.3 Å². The van der Waals surface area contributed by atoms with Gasteiger partial charge in [-0.2, -0.15) is 0 Å². The molecular weight excluding hydrogens is 264 g/mol. The van der Waals surface area contributed by atoms with Crippen LogP contribution < -0.4 is 0 Å². The molecule has 102 valence electrons. The van der Waals surface area contributed by atoms with Gasteiger partial charge in [-0.1, -0.05) is 11.6 Å². The van der Waals surface area contributed by atoms with Crippen molar-refractivity contribution in [2.75, 3.05) is 6.54 Å². The largest absolute Gasteiger partial charge is 0.448 e. The second-order valence-electron chi connectivity index (χ2n) is 5.05. The van der Waals surface area contributed by atoms with Crippen LogP contribution in [0.15, 0.2) is 27.1 Å². The highest BCUT2D eigenvalue weighted by Crippen LogP contribution is 2.32. The fourth-order valence-corrected chi connectivity index (χ4v) is 2.86. The summed E-state index contributed by atoms with van der Waals surface area (Å²) in [5, 5.41) is 4.61. The lowest BCUT2D eigenvalue weighted by Gasteiger charge is -2.33. The first-order valence-corrected chi connectivity index (χ1v) is 7.01. The summed E-state index contributed by atoms with van der Waals surface area (Å²) in [4.78, 5) is 2.38.